The summed E-state index contributed by atoms with van der Waals surface area (Å²) in [4.78, 5) is 13.9. The van der Waals surface area contributed by atoms with Gasteiger partial charge in [-0.1, -0.05) is 19.1 Å². The van der Waals surface area contributed by atoms with E-state index in [4.69, 9.17) is 5.26 Å². The minimum Gasteiger partial charge on any atom is -0.360 e. The first kappa shape index (κ1) is 15.1. The Hall–Kier alpha value is -2.32. The third kappa shape index (κ3) is 4.07. The number of nitrogens with zero attached hydrogens (tertiary/aromatic N) is 2. The molecule has 110 valence electrons. The number of carbonyl (C=O) groups is 1. The zero-order valence-corrected chi connectivity index (χ0v) is 12.2. The van der Waals surface area contributed by atoms with Crippen molar-refractivity contribution in [1.82, 2.24) is 10.2 Å². The molecule has 1 aliphatic rings. The number of carbonyl (C=O) groups excluding carboxylic acids is 1. The molecule has 0 atom stereocenters. The fraction of sp³-hybridized carbons (Fsp3) is 0.375. The zero-order chi connectivity index (χ0) is 15.1. The van der Waals surface area contributed by atoms with Crippen LogP contribution in [0.1, 0.15) is 12.5 Å². The highest BCUT2D eigenvalue weighted by Gasteiger charge is 2.19. The molecule has 1 amide bonds. The second kappa shape index (κ2) is 7.46. The predicted molar refractivity (Wildman–Crippen MR) is 82.6 cm³/mol. The summed E-state index contributed by atoms with van der Waals surface area (Å²) < 4.78 is 0. The maximum Gasteiger partial charge on any atom is 0.266 e. The third-order valence-electron chi connectivity index (χ3n) is 3.50. The zero-order valence-electron chi connectivity index (χ0n) is 12.2. The molecule has 2 rings (SSSR count). The lowest BCUT2D eigenvalue weighted by molar-refractivity contribution is -0.127. The van der Waals surface area contributed by atoms with Gasteiger partial charge in [-0.2, -0.15) is 5.26 Å². The number of nitrogens with one attached hydrogen (secondary N) is 2. The first-order valence-corrected chi connectivity index (χ1v) is 7.20. The van der Waals surface area contributed by atoms with Crippen LogP contribution in [-0.4, -0.2) is 37.0 Å². The van der Waals surface area contributed by atoms with Gasteiger partial charge in [0.1, 0.15) is 11.6 Å². The van der Waals surface area contributed by atoms with Crippen molar-refractivity contribution in [3.63, 3.8) is 0 Å². The molecule has 0 bridgehead atoms. The normalized spacial score (nSPS) is 15.4. The molecule has 1 heterocycles. The van der Waals surface area contributed by atoms with Gasteiger partial charge < -0.3 is 15.5 Å². The molecule has 0 unspecified atom stereocenters. The average Bonchev–Trinajstić information content (AvgIpc) is 2.56. The minimum absolute atomic E-state index is 0.136. The van der Waals surface area contributed by atoms with Gasteiger partial charge in [0.05, 0.1) is 0 Å². The number of anilines is 1. The van der Waals surface area contributed by atoms with Crippen LogP contribution in [0.2, 0.25) is 0 Å². The lowest BCUT2D eigenvalue weighted by Crippen LogP contribution is -2.46. The van der Waals surface area contributed by atoms with Gasteiger partial charge in [-0.15, -0.1) is 0 Å². The lowest BCUT2D eigenvalue weighted by atomic mass is 10.1. The second-order valence-electron chi connectivity index (χ2n) is 4.91. The largest absolute Gasteiger partial charge is 0.360 e. The highest BCUT2D eigenvalue weighted by atomic mass is 16.2. The first-order valence-electron chi connectivity index (χ1n) is 7.20. The molecule has 0 aromatic heterocycles. The number of aryl methyl sites for hydroxylation is 1. The van der Waals surface area contributed by atoms with Crippen LogP contribution in [0.3, 0.4) is 0 Å². The van der Waals surface area contributed by atoms with Crippen molar-refractivity contribution in [2.75, 3.05) is 31.5 Å². The van der Waals surface area contributed by atoms with Crippen LogP contribution in [0.5, 0.6) is 0 Å². The van der Waals surface area contributed by atoms with E-state index in [1.54, 1.807) is 4.90 Å². The van der Waals surface area contributed by atoms with Crippen LogP contribution in [0.15, 0.2) is 36.0 Å². The van der Waals surface area contributed by atoms with Gasteiger partial charge in [0.25, 0.3) is 5.91 Å². The summed E-state index contributed by atoms with van der Waals surface area (Å²) in [6.45, 7) is 4.93. The summed E-state index contributed by atoms with van der Waals surface area (Å²) in [5.74, 6) is -0.211. The Bertz CT molecular complexity index is 551. The Kier molecular flexibility index (Phi) is 5.35. The molecule has 0 spiro atoms. The molecular weight excluding hydrogens is 264 g/mol. The Morgan fingerprint density at radius 2 is 2.05 bits per heavy atom. The average molecular weight is 284 g/mol. The molecule has 1 aliphatic heterocycles. The number of rotatable bonds is 4. The Morgan fingerprint density at radius 1 is 1.38 bits per heavy atom. The standard InChI is InChI=1S/C16H20N4O/c1-2-13-3-5-15(6-4-13)19-12-14(11-17)16(21)20-9-7-18-8-10-20/h3-6,12,18-19H,2,7-10H2,1H3/b14-12-. The van der Waals surface area contributed by atoms with Gasteiger partial charge in [0.15, 0.2) is 0 Å². The lowest BCUT2D eigenvalue weighted by Gasteiger charge is -2.27. The van der Waals surface area contributed by atoms with Crippen molar-refractivity contribution in [2.45, 2.75) is 13.3 Å². The molecule has 0 aliphatic carbocycles. The van der Waals surface area contributed by atoms with Crippen LogP contribution in [-0.2, 0) is 11.2 Å². The van der Waals surface area contributed by atoms with Crippen LogP contribution < -0.4 is 10.6 Å². The topological polar surface area (TPSA) is 68.2 Å². The third-order valence-corrected chi connectivity index (χ3v) is 3.50. The van der Waals surface area contributed by atoms with Crippen molar-refractivity contribution < 1.29 is 4.79 Å². The molecule has 21 heavy (non-hydrogen) atoms. The van der Waals surface area contributed by atoms with Crippen LogP contribution in [0.4, 0.5) is 5.69 Å². The Labute approximate surface area is 125 Å². The number of nitriles is 1. The smallest absolute Gasteiger partial charge is 0.266 e. The molecule has 5 heteroatoms. The fourth-order valence-corrected chi connectivity index (χ4v) is 2.17. The van der Waals surface area contributed by atoms with Crippen LogP contribution in [0.25, 0.3) is 0 Å². The van der Waals surface area contributed by atoms with E-state index in [0.29, 0.717) is 13.1 Å². The quantitative estimate of drug-likeness (QED) is 0.649. The summed E-state index contributed by atoms with van der Waals surface area (Å²) in [5, 5.41) is 15.4. The van der Waals surface area contributed by atoms with Crippen molar-refractivity contribution in [3.05, 3.63) is 41.6 Å². The summed E-state index contributed by atoms with van der Waals surface area (Å²) in [7, 11) is 0. The highest BCUT2D eigenvalue weighted by Crippen LogP contribution is 2.11. The maximum atomic E-state index is 12.2. The van der Waals surface area contributed by atoms with E-state index < -0.39 is 0 Å². The second-order valence-corrected chi connectivity index (χ2v) is 4.91. The molecule has 2 N–H and O–H groups in total. The molecule has 1 saturated heterocycles. The highest BCUT2D eigenvalue weighted by molar-refractivity contribution is 5.97. The summed E-state index contributed by atoms with van der Waals surface area (Å²) in [5.41, 5.74) is 2.26. The Morgan fingerprint density at radius 3 is 2.62 bits per heavy atom. The molecule has 0 saturated carbocycles. The summed E-state index contributed by atoms with van der Waals surface area (Å²) in [6, 6.07) is 9.92. The van der Waals surface area contributed by atoms with Crippen molar-refractivity contribution in [1.29, 1.82) is 5.26 Å². The van der Waals surface area contributed by atoms with E-state index in [1.807, 2.05) is 30.3 Å². The minimum atomic E-state index is -0.211. The van der Waals surface area contributed by atoms with E-state index in [0.717, 1.165) is 25.2 Å². The van der Waals surface area contributed by atoms with Crippen molar-refractivity contribution in [3.8, 4) is 6.07 Å². The number of benzene rings is 1. The van der Waals surface area contributed by atoms with E-state index >= 15 is 0 Å². The predicted octanol–water partition coefficient (Wildman–Crippen LogP) is 1.50. The molecule has 1 aromatic carbocycles. The summed E-state index contributed by atoms with van der Waals surface area (Å²) in [6.07, 6.45) is 2.48. The van der Waals surface area contributed by atoms with Gasteiger partial charge in [-0.05, 0) is 24.1 Å². The SMILES string of the molecule is CCc1ccc(N/C=C(/C#N)C(=O)N2CCNCC2)cc1. The number of hydrogen-bond acceptors (Lipinski definition) is 4. The van der Waals surface area contributed by atoms with Crippen LogP contribution in [0, 0.1) is 11.3 Å². The van der Waals surface area contributed by atoms with Gasteiger partial charge in [-0.3, -0.25) is 4.79 Å². The summed E-state index contributed by atoms with van der Waals surface area (Å²) >= 11 is 0. The van der Waals surface area contributed by atoms with E-state index in [1.165, 1.54) is 11.8 Å². The van der Waals surface area contributed by atoms with Gasteiger partial charge >= 0.3 is 0 Å². The molecule has 0 radical (unpaired) electrons. The van der Waals surface area contributed by atoms with Gasteiger partial charge in [-0.25, -0.2) is 0 Å². The monoisotopic (exact) mass is 284 g/mol. The van der Waals surface area contributed by atoms with Gasteiger partial charge in [0, 0.05) is 38.1 Å². The van der Waals surface area contributed by atoms with E-state index in [-0.39, 0.29) is 11.5 Å². The van der Waals surface area contributed by atoms with Crippen LogP contribution >= 0.6 is 0 Å². The van der Waals surface area contributed by atoms with Crippen molar-refractivity contribution in [2.24, 2.45) is 0 Å². The maximum absolute atomic E-state index is 12.2. The van der Waals surface area contributed by atoms with E-state index in [9.17, 15) is 4.79 Å². The number of amides is 1. The fourth-order valence-electron chi connectivity index (χ4n) is 2.17. The number of piperazine rings is 1. The number of hydrogen-bond donors (Lipinski definition) is 2. The Balaban J connectivity index is 2.02. The molecular formula is C16H20N4O. The van der Waals surface area contributed by atoms with E-state index in [2.05, 4.69) is 17.6 Å². The first-order chi connectivity index (χ1) is 10.2. The molecule has 1 fully saturated rings. The molecule has 1 aromatic rings. The van der Waals surface area contributed by atoms with Gasteiger partial charge in [0.2, 0.25) is 0 Å². The van der Waals surface area contributed by atoms with Crippen molar-refractivity contribution >= 4 is 11.6 Å². The molecule has 5 nitrogen and oxygen atoms in total.